The smallest absolute Gasteiger partial charge is 0.0482 e. The molecule has 0 aliphatic carbocycles. The number of aryl methyl sites for hydroxylation is 2. The molecule has 1 heteroatoms. The van der Waals surface area contributed by atoms with Crippen molar-refractivity contribution in [3.63, 3.8) is 0 Å². The molecule has 0 bridgehead atoms. The Morgan fingerprint density at radius 2 is 2.00 bits per heavy atom. The predicted octanol–water partition coefficient (Wildman–Crippen LogP) is 4.39. The summed E-state index contributed by atoms with van der Waals surface area (Å²) in [6.45, 7) is 7.90. The fourth-order valence-corrected chi connectivity index (χ4v) is 2.24. The molecule has 0 atom stereocenters. The molecule has 2 rings (SSSR count). The summed E-state index contributed by atoms with van der Waals surface area (Å²) < 4.78 is 2.38. The van der Waals surface area contributed by atoms with Crippen molar-refractivity contribution < 1.29 is 0 Å². The van der Waals surface area contributed by atoms with Crippen molar-refractivity contribution in [2.24, 2.45) is 5.92 Å². The van der Waals surface area contributed by atoms with E-state index in [9.17, 15) is 0 Å². The lowest BCUT2D eigenvalue weighted by molar-refractivity contribution is 0.518. The van der Waals surface area contributed by atoms with E-state index in [-0.39, 0.29) is 0 Å². The van der Waals surface area contributed by atoms with E-state index in [1.165, 1.54) is 29.3 Å². The quantitative estimate of drug-likeness (QED) is 0.713. The fourth-order valence-electron chi connectivity index (χ4n) is 2.24. The van der Waals surface area contributed by atoms with Gasteiger partial charge in [0.2, 0.25) is 0 Å². The number of aromatic nitrogens is 1. The summed E-state index contributed by atoms with van der Waals surface area (Å²) >= 11 is 0. The van der Waals surface area contributed by atoms with Gasteiger partial charge in [-0.2, -0.15) is 0 Å². The first-order chi connectivity index (χ1) is 7.68. The average molecular weight is 215 g/mol. The van der Waals surface area contributed by atoms with Crippen LogP contribution in [0, 0.1) is 12.8 Å². The largest absolute Gasteiger partial charge is 0.347 e. The zero-order valence-corrected chi connectivity index (χ0v) is 10.5. The Labute approximate surface area is 98.1 Å². The molecule has 0 aliphatic heterocycles. The summed E-state index contributed by atoms with van der Waals surface area (Å²) in [5, 5.41) is 1.40. The van der Waals surface area contributed by atoms with Gasteiger partial charge in [0, 0.05) is 23.6 Å². The first-order valence-corrected chi connectivity index (χ1v) is 6.23. The van der Waals surface area contributed by atoms with Crippen molar-refractivity contribution in [1.29, 1.82) is 0 Å². The Balaban J connectivity index is 2.16. The average Bonchev–Trinajstić information content (AvgIpc) is 2.63. The van der Waals surface area contributed by atoms with E-state index in [2.05, 4.69) is 55.8 Å². The molecule has 0 fully saturated rings. The summed E-state index contributed by atoms with van der Waals surface area (Å²) in [7, 11) is 0. The monoisotopic (exact) mass is 215 g/mol. The number of rotatable bonds is 4. The van der Waals surface area contributed by atoms with E-state index in [1.807, 2.05) is 0 Å². The zero-order valence-electron chi connectivity index (χ0n) is 10.5. The second-order valence-electron chi connectivity index (χ2n) is 5.05. The highest BCUT2D eigenvalue weighted by atomic mass is 14.9. The van der Waals surface area contributed by atoms with E-state index in [4.69, 9.17) is 0 Å². The standard InChI is InChI=1S/C15H21N/c1-12(2)6-5-10-16-11-9-14-13(3)7-4-8-15(14)16/h4,7-9,11-12H,5-6,10H2,1-3H3. The highest BCUT2D eigenvalue weighted by Gasteiger charge is 2.02. The third-order valence-corrected chi connectivity index (χ3v) is 3.21. The Hall–Kier alpha value is -1.24. The van der Waals surface area contributed by atoms with Crippen LogP contribution in [0.1, 0.15) is 32.3 Å². The molecule has 1 heterocycles. The minimum Gasteiger partial charge on any atom is -0.347 e. The molecule has 1 aromatic carbocycles. The molecule has 0 amide bonds. The van der Waals surface area contributed by atoms with Crippen LogP contribution < -0.4 is 0 Å². The van der Waals surface area contributed by atoms with Crippen molar-refractivity contribution in [1.82, 2.24) is 4.57 Å². The SMILES string of the molecule is Cc1cccc2c1ccn2CCCC(C)C. The van der Waals surface area contributed by atoms with Crippen LogP contribution in [0.5, 0.6) is 0 Å². The maximum absolute atomic E-state index is 2.38. The van der Waals surface area contributed by atoms with Crippen LogP contribution in [-0.2, 0) is 6.54 Å². The predicted molar refractivity (Wildman–Crippen MR) is 70.7 cm³/mol. The number of fused-ring (bicyclic) bond motifs is 1. The second kappa shape index (κ2) is 4.73. The molecular weight excluding hydrogens is 194 g/mol. The Morgan fingerprint density at radius 3 is 2.75 bits per heavy atom. The van der Waals surface area contributed by atoms with Gasteiger partial charge in [0.25, 0.3) is 0 Å². The molecule has 0 aliphatic rings. The zero-order chi connectivity index (χ0) is 11.5. The number of hydrogen-bond acceptors (Lipinski definition) is 0. The van der Waals surface area contributed by atoms with Gasteiger partial charge in [-0.15, -0.1) is 0 Å². The maximum Gasteiger partial charge on any atom is 0.0482 e. The van der Waals surface area contributed by atoms with Gasteiger partial charge < -0.3 is 4.57 Å². The molecule has 0 saturated carbocycles. The van der Waals surface area contributed by atoms with Gasteiger partial charge >= 0.3 is 0 Å². The van der Waals surface area contributed by atoms with Gasteiger partial charge in [-0.1, -0.05) is 26.0 Å². The Kier molecular flexibility index (Phi) is 3.33. The van der Waals surface area contributed by atoms with Crippen molar-refractivity contribution in [3.8, 4) is 0 Å². The molecule has 0 radical (unpaired) electrons. The molecular formula is C15H21N. The normalized spacial score (nSPS) is 11.5. The maximum atomic E-state index is 2.38. The first-order valence-electron chi connectivity index (χ1n) is 6.23. The van der Waals surface area contributed by atoms with Crippen LogP contribution in [0.3, 0.4) is 0 Å². The highest BCUT2D eigenvalue weighted by molar-refractivity contribution is 5.83. The summed E-state index contributed by atoms with van der Waals surface area (Å²) in [4.78, 5) is 0. The van der Waals surface area contributed by atoms with Crippen molar-refractivity contribution in [2.75, 3.05) is 0 Å². The lowest BCUT2D eigenvalue weighted by Gasteiger charge is -2.07. The van der Waals surface area contributed by atoms with E-state index in [0.29, 0.717) is 0 Å². The number of nitrogens with zero attached hydrogens (tertiary/aromatic N) is 1. The van der Waals surface area contributed by atoms with Gasteiger partial charge in [-0.25, -0.2) is 0 Å². The van der Waals surface area contributed by atoms with E-state index in [1.54, 1.807) is 0 Å². The first kappa shape index (κ1) is 11.3. The summed E-state index contributed by atoms with van der Waals surface area (Å²) in [5.74, 6) is 0.809. The summed E-state index contributed by atoms with van der Waals surface area (Å²) in [6, 6.07) is 8.79. The van der Waals surface area contributed by atoms with Crippen LogP contribution in [0.4, 0.5) is 0 Å². The van der Waals surface area contributed by atoms with Crippen LogP contribution in [0.25, 0.3) is 10.9 Å². The Bertz CT molecular complexity index is 465. The molecule has 0 N–H and O–H groups in total. The van der Waals surface area contributed by atoms with Crippen molar-refractivity contribution in [2.45, 2.75) is 40.2 Å². The van der Waals surface area contributed by atoms with Gasteiger partial charge in [0.05, 0.1) is 0 Å². The van der Waals surface area contributed by atoms with Crippen LogP contribution in [-0.4, -0.2) is 4.57 Å². The van der Waals surface area contributed by atoms with E-state index < -0.39 is 0 Å². The third kappa shape index (κ3) is 2.29. The van der Waals surface area contributed by atoms with Crippen LogP contribution in [0.2, 0.25) is 0 Å². The summed E-state index contributed by atoms with van der Waals surface area (Å²) in [6.07, 6.45) is 4.80. The van der Waals surface area contributed by atoms with Crippen molar-refractivity contribution in [3.05, 3.63) is 36.0 Å². The lowest BCUT2D eigenvalue weighted by atomic mass is 10.1. The highest BCUT2D eigenvalue weighted by Crippen LogP contribution is 2.20. The van der Waals surface area contributed by atoms with E-state index >= 15 is 0 Å². The molecule has 1 nitrogen and oxygen atoms in total. The van der Waals surface area contributed by atoms with Crippen LogP contribution in [0.15, 0.2) is 30.5 Å². The lowest BCUT2D eigenvalue weighted by Crippen LogP contribution is -1.98. The minimum atomic E-state index is 0.809. The van der Waals surface area contributed by atoms with Crippen LogP contribution >= 0.6 is 0 Å². The van der Waals surface area contributed by atoms with Gasteiger partial charge in [-0.3, -0.25) is 0 Å². The summed E-state index contributed by atoms with van der Waals surface area (Å²) in [5.41, 5.74) is 2.75. The van der Waals surface area contributed by atoms with Gasteiger partial charge in [0.1, 0.15) is 0 Å². The van der Waals surface area contributed by atoms with E-state index in [0.717, 1.165) is 12.5 Å². The third-order valence-electron chi connectivity index (χ3n) is 3.21. The molecule has 1 aromatic heterocycles. The topological polar surface area (TPSA) is 4.93 Å². The molecule has 0 unspecified atom stereocenters. The van der Waals surface area contributed by atoms with Gasteiger partial charge in [-0.05, 0) is 43.4 Å². The van der Waals surface area contributed by atoms with Gasteiger partial charge in [0.15, 0.2) is 0 Å². The molecule has 0 saturated heterocycles. The molecule has 0 spiro atoms. The second-order valence-corrected chi connectivity index (χ2v) is 5.05. The van der Waals surface area contributed by atoms with Crippen molar-refractivity contribution >= 4 is 10.9 Å². The molecule has 16 heavy (non-hydrogen) atoms. The number of benzene rings is 1. The minimum absolute atomic E-state index is 0.809. The number of hydrogen-bond donors (Lipinski definition) is 0. The molecule has 2 aromatic rings. The molecule has 86 valence electrons. The Morgan fingerprint density at radius 1 is 1.19 bits per heavy atom. The fraction of sp³-hybridized carbons (Fsp3) is 0.467.